The van der Waals surface area contributed by atoms with E-state index in [2.05, 4.69) is 23.1 Å². The first-order valence-corrected chi connectivity index (χ1v) is 9.25. The molecule has 2 aromatic carbocycles. The van der Waals surface area contributed by atoms with Crippen molar-refractivity contribution in [2.75, 3.05) is 13.1 Å². The Balaban J connectivity index is 1.77. The first kappa shape index (κ1) is 19.9. The summed E-state index contributed by atoms with van der Waals surface area (Å²) in [6, 6.07) is 19.5. The van der Waals surface area contributed by atoms with Crippen molar-refractivity contribution in [3.05, 3.63) is 97.1 Å². The van der Waals surface area contributed by atoms with Crippen LogP contribution in [0.5, 0.6) is 0 Å². The Morgan fingerprint density at radius 3 is 1.41 bits per heavy atom. The number of aliphatic imine (C=N–C) groups is 2. The van der Waals surface area contributed by atoms with Crippen LogP contribution in [-0.4, -0.2) is 24.8 Å². The molecule has 0 saturated heterocycles. The standard InChI is InChI=1S/C24H24N4O/c1-3-15-27-23(25)19-9-5-17(6-10-19)21-13-14-22(29-21)18-7-11-20(12-8-18)24(26)28-16-4-2/h3-14H,1-2,15-16H2,(H2,25,27)(H2,26,28). The molecule has 0 amide bonds. The van der Waals surface area contributed by atoms with Crippen LogP contribution < -0.4 is 11.5 Å². The minimum Gasteiger partial charge on any atom is -0.456 e. The Morgan fingerprint density at radius 1 is 0.690 bits per heavy atom. The fourth-order valence-electron chi connectivity index (χ4n) is 2.77. The molecular weight excluding hydrogens is 360 g/mol. The molecule has 146 valence electrons. The van der Waals surface area contributed by atoms with Gasteiger partial charge in [0.1, 0.15) is 23.2 Å². The van der Waals surface area contributed by atoms with Gasteiger partial charge in [0.15, 0.2) is 0 Å². The summed E-state index contributed by atoms with van der Waals surface area (Å²) < 4.78 is 6.04. The summed E-state index contributed by atoms with van der Waals surface area (Å²) >= 11 is 0. The van der Waals surface area contributed by atoms with Crippen LogP contribution >= 0.6 is 0 Å². The van der Waals surface area contributed by atoms with Gasteiger partial charge in [-0.05, 0) is 12.1 Å². The van der Waals surface area contributed by atoms with Crippen LogP contribution in [-0.2, 0) is 0 Å². The molecule has 1 heterocycles. The normalized spacial score (nSPS) is 12.0. The van der Waals surface area contributed by atoms with Crippen molar-refractivity contribution in [1.29, 1.82) is 0 Å². The van der Waals surface area contributed by atoms with Crippen LogP contribution in [0.25, 0.3) is 22.6 Å². The minimum absolute atomic E-state index is 0.493. The molecule has 0 unspecified atom stereocenters. The second kappa shape index (κ2) is 9.37. The first-order chi connectivity index (χ1) is 14.1. The average molecular weight is 384 g/mol. The van der Waals surface area contributed by atoms with Gasteiger partial charge in [-0.15, -0.1) is 13.2 Å². The van der Waals surface area contributed by atoms with Gasteiger partial charge in [0.25, 0.3) is 0 Å². The van der Waals surface area contributed by atoms with Crippen molar-refractivity contribution < 1.29 is 4.42 Å². The minimum atomic E-state index is 0.493. The maximum absolute atomic E-state index is 6.04. The average Bonchev–Trinajstić information content (AvgIpc) is 3.26. The third-order valence-corrected chi connectivity index (χ3v) is 4.32. The van der Waals surface area contributed by atoms with E-state index in [0.717, 1.165) is 33.8 Å². The highest BCUT2D eigenvalue weighted by Gasteiger charge is 2.08. The molecule has 0 bridgehead atoms. The first-order valence-electron chi connectivity index (χ1n) is 9.25. The molecule has 4 N–H and O–H groups in total. The highest BCUT2D eigenvalue weighted by atomic mass is 16.3. The molecule has 29 heavy (non-hydrogen) atoms. The van der Waals surface area contributed by atoms with E-state index in [0.29, 0.717) is 24.8 Å². The fourth-order valence-corrected chi connectivity index (χ4v) is 2.77. The highest BCUT2D eigenvalue weighted by Crippen LogP contribution is 2.28. The lowest BCUT2D eigenvalue weighted by molar-refractivity contribution is 0.597. The monoisotopic (exact) mass is 384 g/mol. The van der Waals surface area contributed by atoms with Crippen molar-refractivity contribution in [3.8, 4) is 22.6 Å². The Morgan fingerprint density at radius 2 is 1.07 bits per heavy atom. The fraction of sp³-hybridized carbons (Fsp3) is 0.0833. The highest BCUT2D eigenvalue weighted by molar-refractivity contribution is 5.98. The third kappa shape index (κ3) is 4.90. The van der Waals surface area contributed by atoms with Crippen molar-refractivity contribution in [1.82, 2.24) is 0 Å². The van der Waals surface area contributed by atoms with Gasteiger partial charge in [0.2, 0.25) is 0 Å². The molecule has 0 aliphatic rings. The predicted molar refractivity (Wildman–Crippen MR) is 121 cm³/mol. The van der Waals surface area contributed by atoms with Crippen LogP contribution in [0.3, 0.4) is 0 Å². The molecule has 3 aromatic rings. The lowest BCUT2D eigenvalue weighted by Gasteiger charge is -2.03. The zero-order valence-electron chi connectivity index (χ0n) is 16.2. The summed E-state index contributed by atoms with van der Waals surface area (Å²) in [6.07, 6.45) is 3.42. The number of nitrogens with two attached hydrogens (primary N) is 2. The Kier molecular flexibility index (Phi) is 6.43. The summed E-state index contributed by atoms with van der Waals surface area (Å²) in [5, 5.41) is 0. The molecule has 0 saturated carbocycles. The molecule has 3 rings (SSSR count). The zero-order chi connectivity index (χ0) is 20.6. The van der Waals surface area contributed by atoms with E-state index in [4.69, 9.17) is 15.9 Å². The van der Waals surface area contributed by atoms with Gasteiger partial charge in [-0.1, -0.05) is 60.7 Å². The number of amidine groups is 2. The lowest BCUT2D eigenvalue weighted by Crippen LogP contribution is -2.13. The van der Waals surface area contributed by atoms with E-state index in [-0.39, 0.29) is 0 Å². The molecule has 0 aliphatic heterocycles. The van der Waals surface area contributed by atoms with Crippen LogP contribution in [0.1, 0.15) is 11.1 Å². The molecule has 0 atom stereocenters. The second-order valence-corrected chi connectivity index (χ2v) is 6.35. The topological polar surface area (TPSA) is 89.9 Å². The number of rotatable bonds is 8. The quantitative estimate of drug-likeness (QED) is 0.343. The lowest BCUT2D eigenvalue weighted by atomic mass is 10.1. The van der Waals surface area contributed by atoms with E-state index in [1.54, 1.807) is 12.2 Å². The van der Waals surface area contributed by atoms with E-state index in [9.17, 15) is 0 Å². The zero-order valence-corrected chi connectivity index (χ0v) is 16.2. The van der Waals surface area contributed by atoms with Crippen LogP contribution in [0, 0.1) is 0 Å². The Hall–Kier alpha value is -3.86. The largest absolute Gasteiger partial charge is 0.456 e. The molecular formula is C24H24N4O. The number of hydrogen-bond donors (Lipinski definition) is 2. The maximum Gasteiger partial charge on any atom is 0.134 e. The predicted octanol–water partition coefficient (Wildman–Crippen LogP) is 4.40. The van der Waals surface area contributed by atoms with Gasteiger partial charge >= 0.3 is 0 Å². The number of furan rings is 1. The SMILES string of the molecule is C=CCN=C(N)c1ccc(-c2ccc(-c3ccc(C(N)=NCC=C)cc3)o2)cc1. The van der Waals surface area contributed by atoms with E-state index < -0.39 is 0 Å². The van der Waals surface area contributed by atoms with Crippen LogP contribution in [0.2, 0.25) is 0 Å². The van der Waals surface area contributed by atoms with Gasteiger partial charge < -0.3 is 15.9 Å². The number of benzene rings is 2. The molecule has 0 aliphatic carbocycles. The van der Waals surface area contributed by atoms with Gasteiger partial charge in [0, 0.05) is 22.3 Å². The molecule has 0 spiro atoms. The van der Waals surface area contributed by atoms with E-state index in [1.165, 1.54) is 0 Å². The summed E-state index contributed by atoms with van der Waals surface area (Å²) in [4.78, 5) is 8.45. The summed E-state index contributed by atoms with van der Waals surface area (Å²) in [5.41, 5.74) is 15.6. The Bertz CT molecular complexity index is 957. The maximum atomic E-state index is 6.04. The van der Waals surface area contributed by atoms with Crippen LogP contribution in [0.15, 0.2) is 100 Å². The van der Waals surface area contributed by atoms with Crippen molar-refractivity contribution >= 4 is 11.7 Å². The smallest absolute Gasteiger partial charge is 0.134 e. The van der Waals surface area contributed by atoms with Crippen LogP contribution in [0.4, 0.5) is 0 Å². The second-order valence-electron chi connectivity index (χ2n) is 6.35. The van der Waals surface area contributed by atoms with Gasteiger partial charge in [-0.2, -0.15) is 0 Å². The third-order valence-electron chi connectivity index (χ3n) is 4.32. The summed E-state index contributed by atoms with van der Waals surface area (Å²) in [5.74, 6) is 2.55. The molecule has 0 radical (unpaired) electrons. The molecule has 5 heteroatoms. The van der Waals surface area contributed by atoms with Gasteiger partial charge in [0.05, 0.1) is 13.1 Å². The Labute approximate surface area is 170 Å². The van der Waals surface area contributed by atoms with Crippen molar-refractivity contribution in [2.45, 2.75) is 0 Å². The number of hydrogen-bond acceptors (Lipinski definition) is 3. The van der Waals surface area contributed by atoms with Crippen molar-refractivity contribution in [3.63, 3.8) is 0 Å². The van der Waals surface area contributed by atoms with Crippen molar-refractivity contribution in [2.24, 2.45) is 21.5 Å². The van der Waals surface area contributed by atoms with E-state index in [1.807, 2.05) is 60.7 Å². The summed E-state index contributed by atoms with van der Waals surface area (Å²) in [7, 11) is 0. The molecule has 5 nitrogen and oxygen atoms in total. The van der Waals surface area contributed by atoms with E-state index >= 15 is 0 Å². The molecule has 1 aromatic heterocycles. The van der Waals surface area contributed by atoms with Gasteiger partial charge in [-0.25, -0.2) is 0 Å². The summed E-state index contributed by atoms with van der Waals surface area (Å²) in [6.45, 7) is 8.28. The molecule has 0 fully saturated rings. The number of nitrogens with zero attached hydrogens (tertiary/aromatic N) is 2. The van der Waals surface area contributed by atoms with Gasteiger partial charge in [-0.3, -0.25) is 9.98 Å².